The number of ether oxygens (including phenoxy) is 1. The molecule has 0 saturated carbocycles. The molecule has 4 rings (SSSR count). The van der Waals surface area contributed by atoms with E-state index >= 15 is 0 Å². The van der Waals surface area contributed by atoms with Crippen LogP contribution in [0.3, 0.4) is 0 Å². The molecule has 0 aliphatic heterocycles. The Morgan fingerprint density at radius 1 is 1.23 bits per heavy atom. The van der Waals surface area contributed by atoms with Crippen molar-refractivity contribution < 1.29 is 9.53 Å². The molecule has 1 unspecified atom stereocenters. The van der Waals surface area contributed by atoms with Gasteiger partial charge in [-0.15, -0.1) is 0 Å². The summed E-state index contributed by atoms with van der Waals surface area (Å²) in [6.45, 7) is 3.81. The van der Waals surface area contributed by atoms with Crippen LogP contribution in [0.5, 0.6) is 0 Å². The first-order chi connectivity index (χ1) is 14.4. The molecule has 4 aromatic rings. The van der Waals surface area contributed by atoms with E-state index in [0.29, 0.717) is 26.7 Å². The van der Waals surface area contributed by atoms with E-state index in [-0.39, 0.29) is 13.0 Å². The van der Waals surface area contributed by atoms with Crippen LogP contribution in [0.4, 0.5) is 0 Å². The number of fused-ring (bicyclic) bond motifs is 1. The lowest BCUT2D eigenvalue weighted by Crippen LogP contribution is -2.39. The van der Waals surface area contributed by atoms with Crippen molar-refractivity contribution in [2.75, 3.05) is 6.61 Å². The van der Waals surface area contributed by atoms with E-state index in [9.17, 15) is 4.79 Å². The van der Waals surface area contributed by atoms with Gasteiger partial charge < -0.3 is 4.74 Å². The number of carbonyl (C=O) groups excluding carboxylic acids is 1. The van der Waals surface area contributed by atoms with Gasteiger partial charge in [0, 0.05) is 23.2 Å². The van der Waals surface area contributed by atoms with Gasteiger partial charge in [0.15, 0.2) is 5.65 Å². The summed E-state index contributed by atoms with van der Waals surface area (Å²) >= 11 is 13.0. The van der Waals surface area contributed by atoms with Crippen LogP contribution >= 0.6 is 34.7 Å². The summed E-state index contributed by atoms with van der Waals surface area (Å²) < 4.78 is 11.6. The van der Waals surface area contributed by atoms with Crippen molar-refractivity contribution in [2.24, 2.45) is 0 Å². The van der Waals surface area contributed by atoms with Crippen LogP contribution in [-0.4, -0.2) is 36.5 Å². The minimum absolute atomic E-state index is 0.213. The molecule has 1 aromatic carbocycles. The van der Waals surface area contributed by atoms with E-state index < -0.39 is 11.4 Å². The maximum atomic E-state index is 13.1. The van der Waals surface area contributed by atoms with E-state index in [2.05, 4.69) is 19.4 Å². The summed E-state index contributed by atoms with van der Waals surface area (Å²) in [5, 5.41) is 5.17. The molecule has 154 valence electrons. The van der Waals surface area contributed by atoms with E-state index in [1.165, 1.54) is 0 Å². The van der Waals surface area contributed by atoms with E-state index in [1.54, 1.807) is 36.8 Å². The van der Waals surface area contributed by atoms with Gasteiger partial charge in [0.2, 0.25) is 4.47 Å². The lowest BCUT2D eigenvalue weighted by atomic mass is 9.82. The zero-order chi connectivity index (χ0) is 21.3. The minimum atomic E-state index is -1.09. The predicted molar refractivity (Wildman–Crippen MR) is 116 cm³/mol. The van der Waals surface area contributed by atoms with Gasteiger partial charge >= 0.3 is 5.97 Å². The zero-order valence-corrected chi connectivity index (χ0v) is 18.5. The van der Waals surface area contributed by atoms with Crippen LogP contribution in [0.25, 0.3) is 16.8 Å². The molecular weight excluding hydrogens is 445 g/mol. The van der Waals surface area contributed by atoms with Gasteiger partial charge in [-0.05, 0) is 60.7 Å². The van der Waals surface area contributed by atoms with Crippen LogP contribution < -0.4 is 0 Å². The Morgan fingerprint density at radius 3 is 2.67 bits per heavy atom. The number of esters is 1. The van der Waals surface area contributed by atoms with Gasteiger partial charge in [0.1, 0.15) is 11.2 Å². The summed E-state index contributed by atoms with van der Waals surface area (Å²) in [6, 6.07) is 9.19. The largest absolute Gasteiger partial charge is 0.465 e. The Morgan fingerprint density at radius 2 is 2.00 bits per heavy atom. The van der Waals surface area contributed by atoms with Gasteiger partial charge in [0.25, 0.3) is 0 Å². The average molecular weight is 462 g/mol. The lowest BCUT2D eigenvalue weighted by Gasteiger charge is -2.26. The maximum absolute atomic E-state index is 13.1. The molecule has 0 amide bonds. The minimum Gasteiger partial charge on any atom is -0.465 e. The number of rotatable bonds is 6. The average Bonchev–Trinajstić information content (AvgIpc) is 3.34. The quantitative estimate of drug-likeness (QED) is 0.389. The molecule has 0 saturated heterocycles. The third kappa shape index (κ3) is 3.78. The van der Waals surface area contributed by atoms with Crippen LogP contribution in [0.1, 0.15) is 25.4 Å². The third-order valence-electron chi connectivity index (χ3n) is 4.80. The fourth-order valence-electron chi connectivity index (χ4n) is 3.32. The highest BCUT2D eigenvalue weighted by molar-refractivity contribution is 7.10. The Balaban J connectivity index is 1.85. The molecule has 0 aliphatic carbocycles. The molecule has 30 heavy (non-hydrogen) atoms. The zero-order valence-electron chi connectivity index (χ0n) is 16.2. The topological polar surface area (TPSA) is 82.3 Å². The van der Waals surface area contributed by atoms with Gasteiger partial charge in [-0.3, -0.25) is 4.79 Å². The molecule has 0 bridgehead atoms. The van der Waals surface area contributed by atoms with Gasteiger partial charge in [0.05, 0.1) is 18.5 Å². The van der Waals surface area contributed by atoms with Crippen LogP contribution in [0.15, 0.2) is 42.7 Å². The molecule has 10 heteroatoms. The molecule has 0 N–H and O–H groups in total. The van der Waals surface area contributed by atoms with E-state index in [1.807, 2.05) is 24.3 Å². The van der Waals surface area contributed by atoms with Crippen LogP contribution in [-0.2, 0) is 21.4 Å². The third-order valence-corrected chi connectivity index (χ3v) is 5.89. The van der Waals surface area contributed by atoms with Crippen molar-refractivity contribution in [3.63, 3.8) is 0 Å². The van der Waals surface area contributed by atoms with Crippen molar-refractivity contribution >= 4 is 46.4 Å². The molecular formula is C20H17Cl2N5O2S. The maximum Gasteiger partial charge on any atom is 0.318 e. The van der Waals surface area contributed by atoms with Gasteiger partial charge in [-0.2, -0.15) is 9.47 Å². The number of aromatic nitrogens is 5. The number of hydrogen-bond acceptors (Lipinski definition) is 7. The molecule has 0 fully saturated rings. The van der Waals surface area contributed by atoms with Crippen molar-refractivity contribution in [3.8, 4) is 11.1 Å². The Hall–Kier alpha value is -2.55. The second-order valence-corrected chi connectivity index (χ2v) is 8.59. The second-order valence-electron chi connectivity index (χ2n) is 6.82. The fourth-order valence-corrected chi connectivity index (χ4v) is 4.08. The van der Waals surface area contributed by atoms with Crippen LogP contribution in [0, 0.1) is 0 Å². The summed E-state index contributed by atoms with van der Waals surface area (Å²) in [4.78, 5) is 21.8. The highest BCUT2D eigenvalue weighted by Crippen LogP contribution is 2.32. The summed E-state index contributed by atoms with van der Waals surface area (Å²) in [5.74, 6) is 0.0718. The summed E-state index contributed by atoms with van der Waals surface area (Å²) in [6.07, 6.45) is 3.59. The number of carbonyl (C=O) groups is 1. The Bertz CT molecular complexity index is 1210. The number of hydrogen-bond donors (Lipinski definition) is 0. The normalized spacial score (nSPS) is 13.3. The summed E-state index contributed by atoms with van der Waals surface area (Å²) in [7, 11) is 0. The van der Waals surface area contributed by atoms with Crippen molar-refractivity contribution in [2.45, 2.75) is 25.7 Å². The fraction of sp³-hybridized carbons (Fsp3) is 0.250. The summed E-state index contributed by atoms with van der Waals surface area (Å²) in [5.41, 5.74) is 1.90. The molecule has 0 spiro atoms. The number of halogens is 2. The smallest absolute Gasteiger partial charge is 0.318 e. The molecule has 0 radical (unpaired) electrons. The van der Waals surface area contributed by atoms with Crippen molar-refractivity contribution in [1.82, 2.24) is 24.0 Å². The predicted octanol–water partition coefficient (Wildman–Crippen LogP) is 4.62. The molecule has 3 heterocycles. The first-order valence-corrected chi connectivity index (χ1v) is 10.7. The SMILES string of the molecule is CCOC(=O)C(C)(Cc1nsc(Cl)n1)c1ccnc2c(-c3ccc(Cl)cc3)cnn12. The second kappa shape index (κ2) is 8.29. The van der Waals surface area contributed by atoms with Crippen molar-refractivity contribution in [1.29, 1.82) is 0 Å². The molecule has 1 atom stereocenters. The Labute approximate surface area is 186 Å². The van der Waals surface area contributed by atoms with E-state index in [0.717, 1.165) is 22.7 Å². The van der Waals surface area contributed by atoms with E-state index in [4.69, 9.17) is 27.9 Å². The molecule has 7 nitrogen and oxygen atoms in total. The monoisotopic (exact) mass is 461 g/mol. The molecule has 3 aromatic heterocycles. The lowest BCUT2D eigenvalue weighted by molar-refractivity contribution is -0.149. The van der Waals surface area contributed by atoms with Gasteiger partial charge in [-0.1, -0.05) is 23.7 Å². The highest BCUT2D eigenvalue weighted by atomic mass is 35.5. The van der Waals surface area contributed by atoms with Crippen molar-refractivity contribution in [3.05, 3.63) is 63.7 Å². The number of benzene rings is 1. The Kier molecular flexibility index (Phi) is 5.73. The standard InChI is InChI=1S/C20H17Cl2N5O2S/c1-3-29-18(28)20(2,10-16-25-19(22)30-26-16)15-8-9-23-17-14(11-24-27(15)17)12-4-6-13(21)7-5-12/h4-9,11H,3,10H2,1-2H3. The first-order valence-electron chi connectivity index (χ1n) is 9.17. The first kappa shape index (κ1) is 20.7. The van der Waals surface area contributed by atoms with Gasteiger partial charge in [-0.25, -0.2) is 14.5 Å². The van der Waals surface area contributed by atoms with Crippen LogP contribution in [0.2, 0.25) is 9.49 Å². The number of nitrogens with zero attached hydrogens (tertiary/aromatic N) is 5. The highest BCUT2D eigenvalue weighted by Gasteiger charge is 2.41. The molecule has 0 aliphatic rings.